The minimum Gasteiger partial charge on any atom is -0.342 e. The average Bonchev–Trinajstić information content (AvgIpc) is 2.38. The maximum absolute atomic E-state index is 13.9. The summed E-state index contributed by atoms with van der Waals surface area (Å²) in [4.78, 5) is 1.66. The standard InChI is InChI=1S/C14H14F2N2/c1-18(12-5-3-11(15)4-6-12)14-7-2-10(9-17)8-13(14)16/h2-8H,9,17H2,1H3. The molecule has 18 heavy (non-hydrogen) atoms. The fourth-order valence-electron chi connectivity index (χ4n) is 1.75. The molecule has 0 heterocycles. The Morgan fingerprint density at radius 3 is 2.28 bits per heavy atom. The van der Waals surface area contributed by atoms with Crippen molar-refractivity contribution < 1.29 is 8.78 Å². The molecule has 0 fully saturated rings. The normalized spacial score (nSPS) is 10.4. The van der Waals surface area contributed by atoms with Gasteiger partial charge in [-0.25, -0.2) is 8.78 Å². The van der Waals surface area contributed by atoms with Gasteiger partial charge in [0.2, 0.25) is 0 Å². The molecule has 2 aromatic rings. The van der Waals surface area contributed by atoms with Crippen molar-refractivity contribution in [3.8, 4) is 0 Å². The summed E-state index contributed by atoms with van der Waals surface area (Å²) in [7, 11) is 1.73. The third-order valence-corrected chi connectivity index (χ3v) is 2.82. The molecule has 0 amide bonds. The number of anilines is 2. The van der Waals surface area contributed by atoms with Crippen molar-refractivity contribution in [1.29, 1.82) is 0 Å². The Hall–Kier alpha value is -1.94. The Morgan fingerprint density at radius 2 is 1.72 bits per heavy atom. The average molecular weight is 248 g/mol. The summed E-state index contributed by atoms with van der Waals surface area (Å²) in [6, 6.07) is 10.8. The van der Waals surface area contributed by atoms with E-state index >= 15 is 0 Å². The lowest BCUT2D eigenvalue weighted by Gasteiger charge is -2.20. The van der Waals surface area contributed by atoms with Gasteiger partial charge in [0.1, 0.15) is 11.6 Å². The topological polar surface area (TPSA) is 29.3 Å². The van der Waals surface area contributed by atoms with Crippen LogP contribution in [0, 0.1) is 11.6 Å². The van der Waals surface area contributed by atoms with Crippen LogP contribution < -0.4 is 10.6 Å². The third kappa shape index (κ3) is 2.49. The van der Waals surface area contributed by atoms with Gasteiger partial charge in [-0.05, 0) is 42.0 Å². The fourth-order valence-corrected chi connectivity index (χ4v) is 1.75. The quantitative estimate of drug-likeness (QED) is 0.903. The second-order valence-electron chi connectivity index (χ2n) is 4.03. The summed E-state index contributed by atoms with van der Waals surface area (Å²) < 4.78 is 26.7. The molecule has 0 radical (unpaired) electrons. The van der Waals surface area contributed by atoms with E-state index in [-0.39, 0.29) is 11.6 Å². The predicted octanol–water partition coefficient (Wildman–Crippen LogP) is 3.19. The van der Waals surface area contributed by atoms with E-state index in [1.807, 2.05) is 0 Å². The lowest BCUT2D eigenvalue weighted by atomic mass is 10.1. The molecule has 2 nitrogen and oxygen atoms in total. The van der Waals surface area contributed by atoms with E-state index in [4.69, 9.17) is 5.73 Å². The number of hydrogen-bond acceptors (Lipinski definition) is 2. The van der Waals surface area contributed by atoms with Gasteiger partial charge in [-0.3, -0.25) is 0 Å². The lowest BCUT2D eigenvalue weighted by Crippen LogP contribution is -2.11. The smallest absolute Gasteiger partial charge is 0.147 e. The first kappa shape index (κ1) is 12.5. The highest BCUT2D eigenvalue weighted by Crippen LogP contribution is 2.26. The fraction of sp³-hybridized carbons (Fsp3) is 0.143. The van der Waals surface area contributed by atoms with Crippen molar-refractivity contribution >= 4 is 11.4 Å². The van der Waals surface area contributed by atoms with E-state index in [1.54, 1.807) is 36.2 Å². The molecule has 0 aliphatic heterocycles. The van der Waals surface area contributed by atoms with Gasteiger partial charge in [-0.1, -0.05) is 6.07 Å². The van der Waals surface area contributed by atoms with Gasteiger partial charge < -0.3 is 10.6 Å². The van der Waals surface area contributed by atoms with Crippen LogP contribution in [0.5, 0.6) is 0 Å². The maximum atomic E-state index is 13.9. The van der Waals surface area contributed by atoms with E-state index in [0.717, 1.165) is 11.3 Å². The molecule has 0 unspecified atom stereocenters. The molecular weight excluding hydrogens is 234 g/mol. The Kier molecular flexibility index (Phi) is 3.58. The van der Waals surface area contributed by atoms with Gasteiger partial charge >= 0.3 is 0 Å². The zero-order valence-corrected chi connectivity index (χ0v) is 10.0. The molecule has 0 atom stereocenters. The predicted molar refractivity (Wildman–Crippen MR) is 68.8 cm³/mol. The first-order valence-electron chi connectivity index (χ1n) is 5.59. The summed E-state index contributed by atoms with van der Waals surface area (Å²) in [6.07, 6.45) is 0. The van der Waals surface area contributed by atoms with Gasteiger partial charge in [0, 0.05) is 19.3 Å². The van der Waals surface area contributed by atoms with Crippen molar-refractivity contribution in [3.05, 3.63) is 59.7 Å². The van der Waals surface area contributed by atoms with Crippen molar-refractivity contribution in [1.82, 2.24) is 0 Å². The Morgan fingerprint density at radius 1 is 1.06 bits per heavy atom. The van der Waals surface area contributed by atoms with E-state index in [2.05, 4.69) is 0 Å². The molecule has 2 rings (SSSR count). The Labute approximate surface area is 105 Å². The van der Waals surface area contributed by atoms with Crippen molar-refractivity contribution in [2.24, 2.45) is 5.73 Å². The van der Waals surface area contributed by atoms with Gasteiger partial charge in [0.25, 0.3) is 0 Å². The van der Waals surface area contributed by atoms with Crippen LogP contribution in [0.1, 0.15) is 5.56 Å². The molecule has 0 aliphatic rings. The van der Waals surface area contributed by atoms with E-state index in [0.29, 0.717) is 12.2 Å². The number of hydrogen-bond donors (Lipinski definition) is 1. The van der Waals surface area contributed by atoms with Gasteiger partial charge in [0.05, 0.1) is 5.69 Å². The number of nitrogens with two attached hydrogens (primary N) is 1. The van der Waals surface area contributed by atoms with Crippen LogP contribution in [-0.4, -0.2) is 7.05 Å². The van der Waals surface area contributed by atoms with Crippen LogP contribution in [0.4, 0.5) is 20.2 Å². The monoisotopic (exact) mass is 248 g/mol. The zero-order chi connectivity index (χ0) is 13.1. The molecule has 94 valence electrons. The van der Waals surface area contributed by atoms with Crippen LogP contribution in [-0.2, 0) is 6.54 Å². The van der Waals surface area contributed by atoms with Crippen LogP contribution in [0.25, 0.3) is 0 Å². The highest BCUT2D eigenvalue weighted by atomic mass is 19.1. The van der Waals surface area contributed by atoms with Crippen LogP contribution in [0.3, 0.4) is 0 Å². The van der Waals surface area contributed by atoms with E-state index < -0.39 is 0 Å². The molecule has 2 aromatic carbocycles. The molecule has 4 heteroatoms. The minimum atomic E-state index is -0.343. The largest absolute Gasteiger partial charge is 0.342 e. The van der Waals surface area contributed by atoms with Crippen LogP contribution in [0.2, 0.25) is 0 Å². The van der Waals surface area contributed by atoms with Crippen molar-refractivity contribution in [2.45, 2.75) is 6.54 Å². The summed E-state index contributed by atoms with van der Waals surface area (Å²) in [5.74, 6) is -0.657. The first-order chi connectivity index (χ1) is 8.61. The molecule has 0 aromatic heterocycles. The summed E-state index contributed by atoms with van der Waals surface area (Å²) in [6.45, 7) is 0.303. The highest BCUT2D eigenvalue weighted by molar-refractivity contribution is 5.63. The van der Waals surface area contributed by atoms with E-state index in [9.17, 15) is 8.78 Å². The molecule has 0 bridgehead atoms. The van der Waals surface area contributed by atoms with E-state index in [1.165, 1.54) is 18.2 Å². The Balaban J connectivity index is 2.33. The van der Waals surface area contributed by atoms with Crippen LogP contribution >= 0.6 is 0 Å². The molecule has 0 spiro atoms. The van der Waals surface area contributed by atoms with Gasteiger partial charge in [-0.15, -0.1) is 0 Å². The SMILES string of the molecule is CN(c1ccc(F)cc1)c1ccc(CN)cc1F. The second kappa shape index (κ2) is 5.14. The molecule has 0 saturated carbocycles. The zero-order valence-electron chi connectivity index (χ0n) is 10.0. The summed E-state index contributed by atoms with van der Waals surface area (Å²) >= 11 is 0. The Bertz CT molecular complexity index is 538. The first-order valence-corrected chi connectivity index (χ1v) is 5.59. The van der Waals surface area contributed by atoms with Gasteiger partial charge in [-0.2, -0.15) is 0 Å². The number of nitrogens with zero attached hydrogens (tertiary/aromatic N) is 1. The maximum Gasteiger partial charge on any atom is 0.147 e. The molecule has 0 saturated heterocycles. The summed E-state index contributed by atoms with van der Waals surface area (Å²) in [5.41, 5.74) is 7.34. The second-order valence-corrected chi connectivity index (χ2v) is 4.03. The van der Waals surface area contributed by atoms with Gasteiger partial charge in [0.15, 0.2) is 0 Å². The van der Waals surface area contributed by atoms with Crippen molar-refractivity contribution in [2.75, 3.05) is 11.9 Å². The summed E-state index contributed by atoms with van der Waals surface area (Å²) in [5, 5.41) is 0. The molecule has 0 aliphatic carbocycles. The number of rotatable bonds is 3. The third-order valence-electron chi connectivity index (χ3n) is 2.82. The van der Waals surface area contributed by atoms with Crippen LogP contribution in [0.15, 0.2) is 42.5 Å². The minimum absolute atomic E-state index is 0.303. The van der Waals surface area contributed by atoms with Crippen molar-refractivity contribution in [3.63, 3.8) is 0 Å². The molecule has 2 N–H and O–H groups in total. The highest BCUT2D eigenvalue weighted by Gasteiger charge is 2.09. The number of benzene rings is 2. The lowest BCUT2D eigenvalue weighted by molar-refractivity contribution is 0.624. The number of halogens is 2. The molecular formula is C14H14F2N2.